The van der Waals surface area contributed by atoms with Crippen LogP contribution in [0.5, 0.6) is 0 Å². The third kappa shape index (κ3) is 7.31. The van der Waals surface area contributed by atoms with Crippen LogP contribution in [0.1, 0.15) is 41.0 Å². The molecule has 0 aromatic carbocycles. The summed E-state index contributed by atoms with van der Waals surface area (Å²) in [7, 11) is 0. The van der Waals surface area contributed by atoms with Crippen LogP contribution in [0.25, 0.3) is 0 Å². The van der Waals surface area contributed by atoms with Gasteiger partial charge in [-0.2, -0.15) is 4.62 Å². The molecule has 0 heterocycles. The van der Waals surface area contributed by atoms with E-state index in [9.17, 15) is 4.57 Å². The summed E-state index contributed by atoms with van der Waals surface area (Å²) < 4.78 is 28.0. The van der Waals surface area contributed by atoms with E-state index in [1.54, 1.807) is 6.92 Å². The lowest BCUT2D eigenvalue weighted by Crippen LogP contribution is -2.16. The molecule has 0 spiro atoms. The molecule has 0 aromatic heterocycles. The van der Waals surface area contributed by atoms with Crippen LogP contribution >= 0.6 is 18.2 Å². The normalized spacial score (nSPS) is 13.8. The second-order valence-electron chi connectivity index (χ2n) is 3.65. The van der Waals surface area contributed by atoms with Crippen molar-refractivity contribution in [3.05, 3.63) is 11.5 Å². The van der Waals surface area contributed by atoms with Crippen LogP contribution in [0.4, 0.5) is 0 Å². The van der Waals surface area contributed by atoms with Gasteiger partial charge in [0.1, 0.15) is 0 Å². The standard InChI is InChI=1S/C11H24NO4PS/c1-6-9-18-17(13,15-8-3)16-12-11(10(4)5)14-7-2/h12H,6-9H2,1-5H3. The fourth-order valence-electron chi connectivity index (χ4n) is 0.969. The number of ether oxygens (including phenoxy) is 1. The number of nitrogens with one attached hydrogen (secondary N) is 1. The molecule has 5 nitrogen and oxygen atoms in total. The highest BCUT2D eigenvalue weighted by molar-refractivity contribution is 8.55. The molecule has 108 valence electrons. The number of hydroxylamine groups is 1. The van der Waals surface area contributed by atoms with E-state index in [1.807, 2.05) is 27.7 Å². The van der Waals surface area contributed by atoms with Crippen molar-refractivity contribution in [1.29, 1.82) is 0 Å². The van der Waals surface area contributed by atoms with Crippen molar-refractivity contribution in [2.45, 2.75) is 41.0 Å². The van der Waals surface area contributed by atoms with Gasteiger partial charge in [0, 0.05) is 5.75 Å². The summed E-state index contributed by atoms with van der Waals surface area (Å²) in [4.78, 5) is 0. The molecule has 7 heteroatoms. The fraction of sp³-hybridized carbons (Fsp3) is 0.818. The minimum atomic E-state index is -3.16. The maximum Gasteiger partial charge on any atom is 0.410 e. The lowest BCUT2D eigenvalue weighted by atomic mass is 10.4. The fourth-order valence-corrected chi connectivity index (χ4v) is 4.09. The zero-order valence-corrected chi connectivity index (χ0v) is 13.5. The van der Waals surface area contributed by atoms with Gasteiger partial charge in [0.2, 0.25) is 5.88 Å². The second kappa shape index (κ2) is 9.73. The molecule has 0 aliphatic heterocycles. The molecule has 18 heavy (non-hydrogen) atoms. The Hall–Kier alpha value is -0.160. The first kappa shape index (κ1) is 17.8. The van der Waals surface area contributed by atoms with Crippen LogP contribution in [-0.2, 0) is 18.5 Å². The highest BCUT2D eigenvalue weighted by atomic mass is 32.7. The summed E-state index contributed by atoms with van der Waals surface area (Å²) in [5.74, 6) is 1.20. The smallest absolute Gasteiger partial charge is 0.410 e. The highest BCUT2D eigenvalue weighted by Crippen LogP contribution is 2.60. The molecule has 0 fully saturated rings. The predicted molar refractivity (Wildman–Crippen MR) is 76.2 cm³/mol. The number of hydrogen-bond acceptors (Lipinski definition) is 6. The highest BCUT2D eigenvalue weighted by Gasteiger charge is 2.26. The molecule has 1 N–H and O–H groups in total. The number of hydrogen-bond donors (Lipinski definition) is 1. The van der Waals surface area contributed by atoms with E-state index < -0.39 is 6.80 Å². The Balaban J connectivity index is 4.50. The van der Waals surface area contributed by atoms with Crippen LogP contribution in [0.15, 0.2) is 11.5 Å². The van der Waals surface area contributed by atoms with Crippen molar-refractivity contribution in [1.82, 2.24) is 5.48 Å². The van der Waals surface area contributed by atoms with E-state index in [1.165, 1.54) is 11.4 Å². The Kier molecular flexibility index (Phi) is 9.64. The van der Waals surface area contributed by atoms with Gasteiger partial charge in [-0.1, -0.05) is 6.92 Å². The molecular weight excluding hydrogens is 273 g/mol. The van der Waals surface area contributed by atoms with Gasteiger partial charge in [-0.05, 0) is 51.1 Å². The van der Waals surface area contributed by atoms with Crippen molar-refractivity contribution in [3.8, 4) is 0 Å². The molecule has 0 saturated heterocycles. The van der Waals surface area contributed by atoms with Gasteiger partial charge < -0.3 is 4.74 Å². The molecule has 0 bridgehead atoms. The molecule has 1 unspecified atom stereocenters. The first-order valence-corrected chi connectivity index (χ1v) is 9.26. The van der Waals surface area contributed by atoms with E-state index in [4.69, 9.17) is 13.9 Å². The SMILES string of the molecule is CCCSP(=O)(OCC)ONC(OCC)=C(C)C. The Morgan fingerprint density at radius 2 is 1.89 bits per heavy atom. The van der Waals surface area contributed by atoms with E-state index in [2.05, 4.69) is 5.48 Å². The van der Waals surface area contributed by atoms with Gasteiger partial charge in [-0.3, -0.25) is 4.52 Å². The maximum atomic E-state index is 12.3. The van der Waals surface area contributed by atoms with Crippen LogP contribution in [0.2, 0.25) is 0 Å². The summed E-state index contributed by atoms with van der Waals surface area (Å²) in [5, 5.41) is 0. The molecule has 0 aliphatic carbocycles. The Morgan fingerprint density at radius 1 is 1.22 bits per heavy atom. The molecule has 0 aromatic rings. The van der Waals surface area contributed by atoms with E-state index >= 15 is 0 Å². The third-order valence-electron chi connectivity index (χ3n) is 1.73. The van der Waals surface area contributed by atoms with Crippen molar-refractivity contribution >= 4 is 18.2 Å². The van der Waals surface area contributed by atoms with Gasteiger partial charge in [-0.15, -0.1) is 0 Å². The average Bonchev–Trinajstić information content (AvgIpc) is 2.32. The molecule has 0 aliphatic rings. The lowest BCUT2D eigenvalue weighted by Gasteiger charge is -2.19. The molecule has 0 amide bonds. The van der Waals surface area contributed by atoms with Crippen LogP contribution < -0.4 is 5.48 Å². The minimum absolute atomic E-state index is 0.342. The molecular formula is C11H24NO4PS. The van der Waals surface area contributed by atoms with Crippen molar-refractivity contribution < 1.29 is 18.5 Å². The Labute approximate surface area is 114 Å². The van der Waals surface area contributed by atoms with E-state index in [0.29, 0.717) is 19.1 Å². The maximum absolute atomic E-state index is 12.3. The summed E-state index contributed by atoms with van der Waals surface area (Å²) in [6.07, 6.45) is 0.909. The van der Waals surface area contributed by atoms with Crippen LogP contribution in [0, 0.1) is 0 Å². The third-order valence-corrected chi connectivity index (χ3v) is 5.57. The summed E-state index contributed by atoms with van der Waals surface area (Å²) in [6, 6.07) is 0. The van der Waals surface area contributed by atoms with Crippen molar-refractivity contribution in [2.24, 2.45) is 0 Å². The zero-order valence-electron chi connectivity index (χ0n) is 11.8. The number of allylic oxidation sites excluding steroid dienone is 1. The van der Waals surface area contributed by atoms with Gasteiger partial charge >= 0.3 is 6.80 Å². The zero-order chi connectivity index (χ0) is 14.0. The van der Waals surface area contributed by atoms with Crippen molar-refractivity contribution in [3.63, 3.8) is 0 Å². The summed E-state index contributed by atoms with van der Waals surface area (Å²) in [6.45, 7) is 7.12. The van der Waals surface area contributed by atoms with Gasteiger partial charge in [0.25, 0.3) is 0 Å². The molecule has 0 radical (unpaired) electrons. The summed E-state index contributed by atoms with van der Waals surface area (Å²) in [5.41, 5.74) is 3.52. The topological polar surface area (TPSA) is 56.8 Å². The van der Waals surface area contributed by atoms with Gasteiger partial charge in [0.05, 0.1) is 13.2 Å². The van der Waals surface area contributed by atoms with Crippen LogP contribution in [-0.4, -0.2) is 19.0 Å². The van der Waals surface area contributed by atoms with Crippen LogP contribution in [0.3, 0.4) is 0 Å². The molecule has 0 rings (SSSR count). The largest absolute Gasteiger partial charge is 0.478 e. The number of rotatable bonds is 10. The average molecular weight is 297 g/mol. The summed E-state index contributed by atoms with van der Waals surface area (Å²) >= 11 is 1.19. The first-order valence-electron chi connectivity index (χ1n) is 6.13. The molecule has 1 atom stereocenters. The second-order valence-corrected chi connectivity index (χ2v) is 7.77. The van der Waals surface area contributed by atoms with Gasteiger partial charge in [0.15, 0.2) is 0 Å². The van der Waals surface area contributed by atoms with Crippen molar-refractivity contribution in [2.75, 3.05) is 19.0 Å². The van der Waals surface area contributed by atoms with E-state index in [-0.39, 0.29) is 0 Å². The predicted octanol–water partition coefficient (Wildman–Crippen LogP) is 4.08. The van der Waals surface area contributed by atoms with Gasteiger partial charge in [-0.25, -0.2) is 10.0 Å². The minimum Gasteiger partial charge on any atom is -0.478 e. The lowest BCUT2D eigenvalue weighted by molar-refractivity contribution is 0.0966. The first-order chi connectivity index (χ1) is 8.49. The Bertz CT molecular complexity index is 305. The molecule has 0 saturated carbocycles. The van der Waals surface area contributed by atoms with E-state index in [0.717, 1.165) is 17.7 Å². The quantitative estimate of drug-likeness (QED) is 0.372. The Morgan fingerprint density at radius 3 is 2.33 bits per heavy atom. The monoisotopic (exact) mass is 297 g/mol.